The van der Waals surface area contributed by atoms with Crippen LogP contribution in [0.25, 0.3) is 10.9 Å². The Morgan fingerprint density at radius 1 is 1.32 bits per heavy atom. The highest BCUT2D eigenvalue weighted by atomic mass is 35.5. The van der Waals surface area contributed by atoms with Crippen LogP contribution in [-0.2, 0) is 13.0 Å². The smallest absolute Gasteiger partial charge is 0.253 e. The number of aromatic nitrogens is 1. The van der Waals surface area contributed by atoms with Crippen molar-refractivity contribution >= 4 is 41.4 Å². The number of hydrogen-bond donors (Lipinski definition) is 3. The lowest BCUT2D eigenvalue weighted by Crippen LogP contribution is -2.22. The first-order chi connectivity index (χ1) is 9.74. The van der Waals surface area contributed by atoms with Crippen LogP contribution in [0.15, 0.2) is 16.9 Å². The van der Waals surface area contributed by atoms with Crippen molar-refractivity contribution < 1.29 is 4.74 Å². The maximum absolute atomic E-state index is 12.2. The second-order valence-corrected chi connectivity index (χ2v) is 4.99. The molecule has 0 fully saturated rings. The van der Waals surface area contributed by atoms with Crippen LogP contribution in [0.5, 0.6) is 5.75 Å². The highest BCUT2D eigenvalue weighted by molar-refractivity contribution is 5.98. The molecule has 0 saturated carbocycles. The van der Waals surface area contributed by atoms with Crippen LogP contribution in [0.4, 0.5) is 5.69 Å². The molecule has 1 aromatic carbocycles. The Bertz CT molecular complexity index is 716. The normalized spacial score (nSPS) is 12.6. The fourth-order valence-corrected chi connectivity index (χ4v) is 2.79. The first-order valence-electron chi connectivity index (χ1n) is 7.03. The van der Waals surface area contributed by atoms with Gasteiger partial charge in [0, 0.05) is 18.7 Å². The SMILES string of the molecule is CCOc1cc(CN)cc2[nH]c(=O)c3c(c12)NCCC3.Cl.Cl. The zero-order valence-electron chi connectivity index (χ0n) is 12.4. The average Bonchev–Trinajstić information content (AvgIpc) is 2.47. The van der Waals surface area contributed by atoms with E-state index in [4.69, 9.17) is 10.5 Å². The fourth-order valence-electron chi connectivity index (χ4n) is 2.79. The van der Waals surface area contributed by atoms with Crippen molar-refractivity contribution in [2.24, 2.45) is 5.73 Å². The van der Waals surface area contributed by atoms with Gasteiger partial charge in [-0.05, 0) is 37.5 Å². The molecule has 22 heavy (non-hydrogen) atoms. The molecule has 0 amide bonds. The van der Waals surface area contributed by atoms with Crippen LogP contribution < -0.4 is 21.3 Å². The van der Waals surface area contributed by atoms with E-state index in [0.717, 1.165) is 52.9 Å². The molecule has 3 rings (SSSR count). The molecule has 1 aliphatic heterocycles. The number of nitrogens with two attached hydrogens (primary N) is 1. The zero-order valence-corrected chi connectivity index (χ0v) is 14.0. The number of ether oxygens (including phenoxy) is 1. The van der Waals surface area contributed by atoms with Crippen LogP contribution >= 0.6 is 24.8 Å². The topological polar surface area (TPSA) is 80.1 Å². The highest BCUT2D eigenvalue weighted by Gasteiger charge is 2.19. The predicted molar refractivity (Wildman–Crippen MR) is 94.9 cm³/mol. The molecule has 0 spiro atoms. The number of pyridine rings is 1. The van der Waals surface area contributed by atoms with E-state index in [2.05, 4.69) is 10.3 Å². The molecule has 0 bridgehead atoms. The largest absolute Gasteiger partial charge is 0.493 e. The molecule has 7 heteroatoms. The number of nitrogens with one attached hydrogen (secondary N) is 2. The van der Waals surface area contributed by atoms with Gasteiger partial charge in [0.15, 0.2) is 0 Å². The van der Waals surface area contributed by atoms with Gasteiger partial charge in [0.25, 0.3) is 5.56 Å². The molecular weight excluding hydrogens is 325 g/mol. The zero-order chi connectivity index (χ0) is 14.1. The number of hydrogen-bond acceptors (Lipinski definition) is 4. The van der Waals surface area contributed by atoms with Gasteiger partial charge in [-0.15, -0.1) is 24.8 Å². The monoisotopic (exact) mass is 345 g/mol. The molecule has 0 atom stereocenters. The van der Waals surface area contributed by atoms with Crippen molar-refractivity contribution in [3.8, 4) is 5.75 Å². The van der Waals surface area contributed by atoms with E-state index in [0.29, 0.717) is 13.2 Å². The molecule has 0 aliphatic carbocycles. The van der Waals surface area contributed by atoms with Crippen molar-refractivity contribution in [1.29, 1.82) is 0 Å². The van der Waals surface area contributed by atoms with Crippen molar-refractivity contribution in [1.82, 2.24) is 4.98 Å². The first-order valence-corrected chi connectivity index (χ1v) is 7.03. The second kappa shape index (κ2) is 7.72. The molecule has 0 saturated heterocycles. The fraction of sp³-hybridized carbons (Fsp3) is 0.400. The molecule has 5 nitrogen and oxygen atoms in total. The summed E-state index contributed by atoms with van der Waals surface area (Å²) in [6, 6.07) is 3.89. The van der Waals surface area contributed by atoms with Gasteiger partial charge in [-0.25, -0.2) is 0 Å². The lowest BCUT2D eigenvalue weighted by Gasteiger charge is -2.21. The van der Waals surface area contributed by atoms with Crippen molar-refractivity contribution in [2.75, 3.05) is 18.5 Å². The second-order valence-electron chi connectivity index (χ2n) is 4.99. The third kappa shape index (κ3) is 3.16. The number of rotatable bonds is 3. The average molecular weight is 346 g/mol. The van der Waals surface area contributed by atoms with Crippen LogP contribution in [-0.4, -0.2) is 18.1 Å². The first kappa shape index (κ1) is 18.6. The lowest BCUT2D eigenvalue weighted by atomic mass is 10.00. The van der Waals surface area contributed by atoms with E-state index in [9.17, 15) is 4.79 Å². The van der Waals surface area contributed by atoms with Gasteiger partial charge in [-0.2, -0.15) is 0 Å². The van der Waals surface area contributed by atoms with Crippen LogP contribution in [0.1, 0.15) is 24.5 Å². The molecule has 4 N–H and O–H groups in total. The molecule has 2 heterocycles. The summed E-state index contributed by atoms with van der Waals surface area (Å²) < 4.78 is 5.75. The van der Waals surface area contributed by atoms with Crippen molar-refractivity contribution in [3.63, 3.8) is 0 Å². The maximum Gasteiger partial charge on any atom is 0.253 e. The van der Waals surface area contributed by atoms with Gasteiger partial charge in [0.05, 0.1) is 23.2 Å². The van der Waals surface area contributed by atoms with E-state index < -0.39 is 0 Å². The summed E-state index contributed by atoms with van der Waals surface area (Å²) in [6.07, 6.45) is 1.78. The Morgan fingerprint density at radius 3 is 2.77 bits per heavy atom. The third-order valence-electron chi connectivity index (χ3n) is 3.68. The summed E-state index contributed by atoms with van der Waals surface area (Å²) in [5.74, 6) is 0.785. The summed E-state index contributed by atoms with van der Waals surface area (Å²) in [5.41, 5.74) is 9.18. The molecule has 2 aromatic rings. The van der Waals surface area contributed by atoms with Crippen molar-refractivity contribution in [3.05, 3.63) is 33.6 Å². The standard InChI is InChI=1S/C15H19N3O2.2ClH/c1-2-20-12-7-9(8-16)6-11-13(12)14-10(15(19)18-11)4-3-5-17-14;;/h6-7,17H,2-5,8,16H2,1H3,(H,18,19);2*1H. The summed E-state index contributed by atoms with van der Waals surface area (Å²) in [6.45, 7) is 3.84. The molecule has 1 aromatic heterocycles. The van der Waals surface area contributed by atoms with E-state index in [-0.39, 0.29) is 30.4 Å². The Hall–Kier alpha value is -1.43. The Kier molecular flexibility index (Phi) is 6.53. The van der Waals surface area contributed by atoms with E-state index in [1.165, 1.54) is 0 Å². The summed E-state index contributed by atoms with van der Waals surface area (Å²) in [4.78, 5) is 15.1. The highest BCUT2D eigenvalue weighted by Crippen LogP contribution is 2.35. The number of halogens is 2. The quantitative estimate of drug-likeness (QED) is 0.798. The van der Waals surface area contributed by atoms with E-state index in [1.807, 2.05) is 19.1 Å². The van der Waals surface area contributed by atoms with Crippen LogP contribution in [0, 0.1) is 0 Å². The maximum atomic E-state index is 12.2. The molecule has 122 valence electrons. The van der Waals surface area contributed by atoms with Gasteiger partial charge in [-0.3, -0.25) is 4.79 Å². The molecular formula is C15H21Cl2N3O2. The molecule has 0 unspecified atom stereocenters. The Labute approximate surface area is 141 Å². The van der Waals surface area contributed by atoms with Crippen LogP contribution in [0.3, 0.4) is 0 Å². The Balaban J connectivity index is 0.00000121. The van der Waals surface area contributed by atoms with Gasteiger partial charge in [-0.1, -0.05) is 0 Å². The summed E-state index contributed by atoms with van der Waals surface area (Å²) >= 11 is 0. The minimum absolute atomic E-state index is 0. The van der Waals surface area contributed by atoms with E-state index >= 15 is 0 Å². The number of aromatic amines is 1. The van der Waals surface area contributed by atoms with Gasteiger partial charge in [0.1, 0.15) is 5.75 Å². The van der Waals surface area contributed by atoms with Gasteiger partial charge in [0.2, 0.25) is 0 Å². The number of fused-ring (bicyclic) bond motifs is 3. The molecule has 1 aliphatic rings. The van der Waals surface area contributed by atoms with E-state index in [1.54, 1.807) is 0 Å². The van der Waals surface area contributed by atoms with Gasteiger partial charge >= 0.3 is 0 Å². The predicted octanol–water partition coefficient (Wildman–Crippen LogP) is 2.59. The summed E-state index contributed by atoms with van der Waals surface area (Å²) in [5, 5.41) is 4.31. The third-order valence-corrected chi connectivity index (χ3v) is 3.68. The number of H-pyrrole nitrogens is 1. The van der Waals surface area contributed by atoms with Crippen LogP contribution in [0.2, 0.25) is 0 Å². The van der Waals surface area contributed by atoms with Crippen molar-refractivity contribution in [2.45, 2.75) is 26.3 Å². The van der Waals surface area contributed by atoms with Gasteiger partial charge < -0.3 is 20.8 Å². The minimum atomic E-state index is -0.0173. The number of benzene rings is 1. The summed E-state index contributed by atoms with van der Waals surface area (Å²) in [7, 11) is 0. The number of anilines is 1. The Morgan fingerprint density at radius 2 is 2.09 bits per heavy atom. The minimum Gasteiger partial charge on any atom is -0.493 e. The molecule has 0 radical (unpaired) electrons. The lowest BCUT2D eigenvalue weighted by molar-refractivity contribution is 0.344.